The Morgan fingerprint density at radius 2 is 2.00 bits per heavy atom. The van der Waals surface area contributed by atoms with Crippen molar-refractivity contribution < 1.29 is 14.0 Å². The summed E-state index contributed by atoms with van der Waals surface area (Å²) in [5.41, 5.74) is 0.898. The van der Waals surface area contributed by atoms with Gasteiger partial charge in [0.15, 0.2) is 11.5 Å². The third-order valence-electron chi connectivity index (χ3n) is 4.44. The van der Waals surface area contributed by atoms with Gasteiger partial charge >= 0.3 is 0 Å². The van der Waals surface area contributed by atoms with Gasteiger partial charge in [0.1, 0.15) is 5.82 Å². The number of carbonyl (C=O) groups is 2. The molecule has 26 heavy (non-hydrogen) atoms. The molecule has 1 aliphatic heterocycles. The molecule has 1 aromatic carbocycles. The maximum Gasteiger partial charge on any atom is 0.227 e. The van der Waals surface area contributed by atoms with Gasteiger partial charge < -0.3 is 10.2 Å². The largest absolute Gasteiger partial charge is 0.348 e. The van der Waals surface area contributed by atoms with Crippen LogP contribution in [0, 0.1) is 11.7 Å². The van der Waals surface area contributed by atoms with Crippen molar-refractivity contribution in [3.05, 3.63) is 60.3 Å². The van der Waals surface area contributed by atoms with Crippen LogP contribution in [0.2, 0.25) is 0 Å². The quantitative estimate of drug-likeness (QED) is 0.772. The van der Waals surface area contributed by atoms with E-state index in [9.17, 15) is 14.0 Å². The first-order valence-electron chi connectivity index (χ1n) is 8.25. The molecule has 0 bridgehead atoms. The lowest BCUT2D eigenvalue weighted by molar-refractivity contribution is -0.126. The number of carbonyl (C=O) groups excluding carboxylic acids is 2. The Morgan fingerprint density at radius 3 is 2.85 bits per heavy atom. The van der Waals surface area contributed by atoms with Gasteiger partial charge in [0.2, 0.25) is 11.8 Å². The van der Waals surface area contributed by atoms with E-state index < -0.39 is 11.7 Å². The van der Waals surface area contributed by atoms with E-state index in [0.29, 0.717) is 11.5 Å². The number of amides is 2. The normalized spacial score (nSPS) is 17.0. The highest BCUT2D eigenvalue weighted by molar-refractivity contribution is 6.00. The molecule has 2 aromatic heterocycles. The molecular weight excluding hydrogens is 337 g/mol. The van der Waals surface area contributed by atoms with Crippen molar-refractivity contribution in [2.45, 2.75) is 13.0 Å². The van der Waals surface area contributed by atoms with Crippen molar-refractivity contribution >= 4 is 23.1 Å². The zero-order chi connectivity index (χ0) is 18.1. The van der Waals surface area contributed by atoms with E-state index in [-0.39, 0.29) is 37.0 Å². The van der Waals surface area contributed by atoms with Gasteiger partial charge in [-0.15, -0.1) is 10.2 Å². The number of fused-ring (bicyclic) bond motifs is 1. The van der Waals surface area contributed by atoms with Crippen molar-refractivity contribution in [2.24, 2.45) is 5.92 Å². The van der Waals surface area contributed by atoms with Crippen LogP contribution in [0.3, 0.4) is 0 Å². The van der Waals surface area contributed by atoms with Crippen molar-refractivity contribution in [2.75, 3.05) is 11.4 Å². The molecule has 8 heteroatoms. The molecule has 1 aliphatic rings. The number of benzene rings is 1. The maximum atomic E-state index is 13.9. The third kappa shape index (κ3) is 2.90. The van der Waals surface area contributed by atoms with Gasteiger partial charge in [-0.2, -0.15) is 0 Å². The number of pyridine rings is 1. The Bertz CT molecular complexity index is 986. The maximum absolute atomic E-state index is 13.9. The average Bonchev–Trinajstić information content (AvgIpc) is 3.24. The Balaban J connectivity index is 1.43. The van der Waals surface area contributed by atoms with Gasteiger partial charge in [0.25, 0.3) is 0 Å². The average molecular weight is 353 g/mol. The molecule has 2 amide bonds. The number of hydrogen-bond acceptors (Lipinski definition) is 4. The number of aromatic nitrogens is 3. The molecule has 0 radical (unpaired) electrons. The monoisotopic (exact) mass is 353 g/mol. The highest BCUT2D eigenvalue weighted by Crippen LogP contribution is 2.27. The summed E-state index contributed by atoms with van der Waals surface area (Å²) in [5.74, 6) is -0.921. The number of halogens is 1. The molecular formula is C18H16FN5O2. The summed E-state index contributed by atoms with van der Waals surface area (Å²) in [5, 5.41) is 10.9. The third-order valence-corrected chi connectivity index (χ3v) is 4.44. The van der Waals surface area contributed by atoms with Gasteiger partial charge in [-0.1, -0.05) is 18.2 Å². The van der Waals surface area contributed by atoms with E-state index in [1.807, 2.05) is 24.4 Å². The molecule has 132 valence electrons. The van der Waals surface area contributed by atoms with Crippen LogP contribution in [0.15, 0.2) is 48.7 Å². The molecule has 1 unspecified atom stereocenters. The Hall–Kier alpha value is -3.29. The summed E-state index contributed by atoms with van der Waals surface area (Å²) in [6.07, 6.45) is 1.87. The number of anilines is 1. The fourth-order valence-electron chi connectivity index (χ4n) is 3.11. The summed E-state index contributed by atoms with van der Waals surface area (Å²) < 4.78 is 15.7. The Morgan fingerprint density at radius 1 is 1.19 bits per heavy atom. The second-order valence-corrected chi connectivity index (χ2v) is 6.12. The predicted octanol–water partition coefficient (Wildman–Crippen LogP) is 1.54. The summed E-state index contributed by atoms with van der Waals surface area (Å²) >= 11 is 0. The van der Waals surface area contributed by atoms with E-state index in [4.69, 9.17) is 0 Å². The van der Waals surface area contributed by atoms with Crippen LogP contribution in [-0.2, 0) is 16.1 Å². The molecule has 7 nitrogen and oxygen atoms in total. The van der Waals surface area contributed by atoms with Gasteiger partial charge in [0.05, 0.1) is 18.2 Å². The lowest BCUT2D eigenvalue weighted by Crippen LogP contribution is -2.33. The molecule has 0 spiro atoms. The second-order valence-electron chi connectivity index (χ2n) is 6.12. The van der Waals surface area contributed by atoms with E-state index in [1.54, 1.807) is 16.5 Å². The molecule has 3 aromatic rings. The molecule has 4 rings (SSSR count). The van der Waals surface area contributed by atoms with Crippen molar-refractivity contribution in [3.8, 4) is 0 Å². The van der Waals surface area contributed by atoms with Gasteiger partial charge in [-0.25, -0.2) is 4.39 Å². The highest BCUT2D eigenvalue weighted by Gasteiger charge is 2.36. The van der Waals surface area contributed by atoms with Crippen LogP contribution in [-0.4, -0.2) is 33.0 Å². The van der Waals surface area contributed by atoms with Crippen LogP contribution < -0.4 is 10.2 Å². The first-order valence-corrected chi connectivity index (χ1v) is 8.25. The second kappa shape index (κ2) is 6.55. The van der Waals surface area contributed by atoms with Crippen LogP contribution in [0.1, 0.15) is 12.2 Å². The fourth-order valence-corrected chi connectivity index (χ4v) is 3.11. The minimum Gasteiger partial charge on any atom is -0.348 e. The highest BCUT2D eigenvalue weighted by atomic mass is 19.1. The lowest BCUT2D eigenvalue weighted by atomic mass is 10.1. The van der Waals surface area contributed by atoms with Gasteiger partial charge in [0, 0.05) is 19.2 Å². The molecule has 3 heterocycles. The number of para-hydroxylation sites is 1. The number of hydrogen-bond donors (Lipinski definition) is 1. The lowest BCUT2D eigenvalue weighted by Gasteiger charge is -2.17. The first kappa shape index (κ1) is 16.2. The van der Waals surface area contributed by atoms with E-state index in [0.717, 1.165) is 0 Å². The molecule has 1 saturated heterocycles. The first-order chi connectivity index (χ1) is 12.6. The Kier molecular flexibility index (Phi) is 4.08. The van der Waals surface area contributed by atoms with Crippen LogP contribution in [0.25, 0.3) is 5.65 Å². The number of rotatable bonds is 4. The van der Waals surface area contributed by atoms with Crippen molar-refractivity contribution in [1.29, 1.82) is 0 Å². The molecule has 0 saturated carbocycles. The molecule has 1 fully saturated rings. The number of nitrogens with zero attached hydrogens (tertiary/aromatic N) is 4. The van der Waals surface area contributed by atoms with E-state index in [2.05, 4.69) is 15.5 Å². The van der Waals surface area contributed by atoms with Crippen molar-refractivity contribution in [1.82, 2.24) is 19.9 Å². The summed E-state index contributed by atoms with van der Waals surface area (Å²) in [7, 11) is 0. The minimum absolute atomic E-state index is 0.0563. The van der Waals surface area contributed by atoms with E-state index in [1.165, 1.54) is 17.0 Å². The SMILES string of the molecule is O=C(NCc1nnc2ccccn12)C1CC(=O)N(c2ccccc2F)C1. The standard InChI is InChI=1S/C18H16FN5O2/c19-13-5-1-2-6-14(13)24-11-12(9-17(24)25)18(26)20-10-16-22-21-15-7-3-4-8-23(15)16/h1-8,12H,9-11H2,(H,20,26). The van der Waals surface area contributed by atoms with Crippen LogP contribution in [0.4, 0.5) is 10.1 Å². The van der Waals surface area contributed by atoms with Gasteiger partial charge in [-0.05, 0) is 24.3 Å². The minimum atomic E-state index is -0.527. The van der Waals surface area contributed by atoms with Gasteiger partial charge in [-0.3, -0.25) is 14.0 Å². The number of nitrogens with one attached hydrogen (secondary N) is 1. The summed E-state index contributed by atoms with van der Waals surface area (Å²) in [4.78, 5) is 26.0. The van der Waals surface area contributed by atoms with Crippen LogP contribution in [0.5, 0.6) is 0 Å². The molecule has 0 aliphatic carbocycles. The zero-order valence-electron chi connectivity index (χ0n) is 13.8. The summed E-state index contributed by atoms with van der Waals surface area (Å²) in [6.45, 7) is 0.362. The Labute approximate surface area is 148 Å². The fraction of sp³-hybridized carbons (Fsp3) is 0.222. The summed E-state index contributed by atoms with van der Waals surface area (Å²) in [6, 6.07) is 11.6. The molecule has 1 N–H and O–H groups in total. The van der Waals surface area contributed by atoms with E-state index >= 15 is 0 Å². The molecule has 1 atom stereocenters. The van der Waals surface area contributed by atoms with Crippen molar-refractivity contribution in [3.63, 3.8) is 0 Å². The predicted molar refractivity (Wildman–Crippen MR) is 91.7 cm³/mol. The smallest absolute Gasteiger partial charge is 0.227 e. The zero-order valence-corrected chi connectivity index (χ0v) is 13.8. The van der Waals surface area contributed by atoms with Crippen LogP contribution >= 0.6 is 0 Å². The topological polar surface area (TPSA) is 79.6 Å².